The molecule has 0 radical (unpaired) electrons. The molecular formula is C13H14F2N2O. The fourth-order valence-electron chi connectivity index (χ4n) is 1.53. The summed E-state index contributed by atoms with van der Waals surface area (Å²) in [5.74, 6) is -2.00. The fourth-order valence-corrected chi connectivity index (χ4v) is 1.53. The number of nitriles is 1. The van der Waals surface area contributed by atoms with Gasteiger partial charge in [0.15, 0.2) is 5.78 Å². The molecule has 0 N–H and O–H groups in total. The maximum Gasteiger partial charge on any atom is 0.182 e. The monoisotopic (exact) mass is 252 g/mol. The van der Waals surface area contributed by atoms with E-state index in [0.29, 0.717) is 19.0 Å². The lowest BCUT2D eigenvalue weighted by Crippen LogP contribution is -2.37. The molecule has 0 aliphatic heterocycles. The van der Waals surface area contributed by atoms with Gasteiger partial charge < -0.3 is 0 Å². The van der Waals surface area contributed by atoms with E-state index >= 15 is 0 Å². The van der Waals surface area contributed by atoms with Crippen LogP contribution in [0.5, 0.6) is 0 Å². The number of nitrogens with zero attached hydrogens (tertiary/aromatic N) is 2. The Morgan fingerprint density at radius 1 is 1.50 bits per heavy atom. The molecule has 1 atom stereocenters. The first kappa shape index (κ1) is 14.3. The lowest BCUT2D eigenvalue weighted by molar-refractivity contribution is 0.0866. The van der Waals surface area contributed by atoms with Gasteiger partial charge in [-0.15, -0.1) is 0 Å². The Labute approximate surface area is 105 Å². The van der Waals surface area contributed by atoms with Crippen molar-refractivity contribution in [2.45, 2.75) is 19.4 Å². The standard InChI is InChI=1S/C13H14F2N2O/c1-9(17(2)7-3-6-16)13(18)11-5-4-10(14)8-12(11)15/h4-5,8-9H,3,7H2,1-2H3. The SMILES string of the molecule is CC(C(=O)c1ccc(F)cc1F)N(C)CCC#N. The Kier molecular flexibility index (Phi) is 4.93. The molecule has 1 aromatic rings. The number of halogens is 2. The summed E-state index contributed by atoms with van der Waals surface area (Å²) in [5, 5.41) is 8.46. The van der Waals surface area contributed by atoms with E-state index in [1.54, 1.807) is 18.9 Å². The summed E-state index contributed by atoms with van der Waals surface area (Å²) in [6, 6.07) is 4.30. The lowest BCUT2D eigenvalue weighted by atomic mass is 10.0. The van der Waals surface area contributed by atoms with Crippen LogP contribution in [0.3, 0.4) is 0 Å². The van der Waals surface area contributed by atoms with Crippen molar-refractivity contribution >= 4 is 5.78 Å². The summed E-state index contributed by atoms with van der Waals surface area (Å²) in [6.07, 6.45) is 0.292. The Hall–Kier alpha value is -1.80. The van der Waals surface area contributed by atoms with Gasteiger partial charge in [-0.25, -0.2) is 8.78 Å². The third kappa shape index (κ3) is 3.34. The molecule has 1 unspecified atom stereocenters. The van der Waals surface area contributed by atoms with E-state index < -0.39 is 23.5 Å². The second kappa shape index (κ2) is 6.22. The molecule has 0 heterocycles. The van der Waals surface area contributed by atoms with E-state index in [0.717, 1.165) is 12.1 Å². The summed E-state index contributed by atoms with van der Waals surface area (Å²) < 4.78 is 26.2. The normalized spacial score (nSPS) is 12.2. The van der Waals surface area contributed by atoms with Gasteiger partial charge in [0.2, 0.25) is 0 Å². The van der Waals surface area contributed by atoms with Gasteiger partial charge in [0, 0.05) is 19.0 Å². The van der Waals surface area contributed by atoms with Crippen molar-refractivity contribution in [1.29, 1.82) is 5.26 Å². The highest BCUT2D eigenvalue weighted by Crippen LogP contribution is 2.14. The highest BCUT2D eigenvalue weighted by Gasteiger charge is 2.22. The molecule has 96 valence electrons. The Morgan fingerprint density at radius 2 is 2.17 bits per heavy atom. The van der Waals surface area contributed by atoms with Crippen molar-refractivity contribution in [3.8, 4) is 6.07 Å². The second-order valence-electron chi connectivity index (χ2n) is 4.05. The molecule has 0 amide bonds. The van der Waals surface area contributed by atoms with Crippen LogP contribution in [0.15, 0.2) is 18.2 Å². The molecule has 0 fully saturated rings. The molecule has 0 saturated carbocycles. The van der Waals surface area contributed by atoms with Gasteiger partial charge in [0.05, 0.1) is 17.7 Å². The zero-order chi connectivity index (χ0) is 13.7. The number of benzene rings is 1. The van der Waals surface area contributed by atoms with Crippen molar-refractivity contribution in [2.24, 2.45) is 0 Å². The molecule has 0 bridgehead atoms. The Balaban J connectivity index is 2.83. The number of hydrogen-bond donors (Lipinski definition) is 0. The minimum Gasteiger partial charge on any atom is -0.296 e. The van der Waals surface area contributed by atoms with Gasteiger partial charge in [-0.05, 0) is 26.1 Å². The third-order valence-corrected chi connectivity index (χ3v) is 2.81. The number of rotatable bonds is 5. The molecule has 3 nitrogen and oxygen atoms in total. The minimum absolute atomic E-state index is 0.132. The topological polar surface area (TPSA) is 44.1 Å². The first-order valence-electron chi connectivity index (χ1n) is 5.53. The zero-order valence-electron chi connectivity index (χ0n) is 10.3. The number of carbonyl (C=O) groups excluding carboxylic acids is 1. The molecule has 0 aliphatic carbocycles. The van der Waals surface area contributed by atoms with Crippen LogP contribution in [0.4, 0.5) is 8.78 Å². The summed E-state index contributed by atoms with van der Waals surface area (Å²) in [6.45, 7) is 2.05. The van der Waals surface area contributed by atoms with Crippen LogP contribution in [0.2, 0.25) is 0 Å². The van der Waals surface area contributed by atoms with E-state index in [4.69, 9.17) is 5.26 Å². The first-order valence-corrected chi connectivity index (χ1v) is 5.53. The summed E-state index contributed by atoms with van der Waals surface area (Å²) in [4.78, 5) is 13.7. The molecule has 5 heteroatoms. The maximum absolute atomic E-state index is 13.4. The summed E-state index contributed by atoms with van der Waals surface area (Å²) >= 11 is 0. The van der Waals surface area contributed by atoms with E-state index in [9.17, 15) is 13.6 Å². The van der Waals surface area contributed by atoms with Gasteiger partial charge in [-0.2, -0.15) is 5.26 Å². The van der Waals surface area contributed by atoms with Crippen LogP contribution < -0.4 is 0 Å². The van der Waals surface area contributed by atoms with Gasteiger partial charge in [0.25, 0.3) is 0 Å². The van der Waals surface area contributed by atoms with E-state index in [1.165, 1.54) is 0 Å². The van der Waals surface area contributed by atoms with Crippen LogP contribution in [-0.2, 0) is 0 Å². The van der Waals surface area contributed by atoms with Crippen LogP contribution >= 0.6 is 0 Å². The van der Waals surface area contributed by atoms with Gasteiger partial charge in [-0.1, -0.05) is 0 Å². The summed E-state index contributed by atoms with van der Waals surface area (Å²) in [7, 11) is 1.68. The van der Waals surface area contributed by atoms with Crippen molar-refractivity contribution in [3.63, 3.8) is 0 Å². The molecular weight excluding hydrogens is 238 g/mol. The largest absolute Gasteiger partial charge is 0.296 e. The smallest absolute Gasteiger partial charge is 0.182 e. The van der Waals surface area contributed by atoms with Crippen molar-refractivity contribution in [1.82, 2.24) is 4.90 Å². The quantitative estimate of drug-likeness (QED) is 0.756. The van der Waals surface area contributed by atoms with Crippen molar-refractivity contribution < 1.29 is 13.6 Å². The molecule has 0 saturated heterocycles. The van der Waals surface area contributed by atoms with Crippen LogP contribution in [0, 0.1) is 23.0 Å². The van der Waals surface area contributed by atoms with Crippen LogP contribution in [-0.4, -0.2) is 30.3 Å². The van der Waals surface area contributed by atoms with Crippen LogP contribution in [0.25, 0.3) is 0 Å². The highest BCUT2D eigenvalue weighted by molar-refractivity contribution is 6.00. The number of carbonyl (C=O) groups is 1. The van der Waals surface area contributed by atoms with Crippen molar-refractivity contribution in [3.05, 3.63) is 35.4 Å². The highest BCUT2D eigenvalue weighted by atomic mass is 19.1. The number of hydrogen-bond acceptors (Lipinski definition) is 3. The predicted octanol–water partition coefficient (Wildman–Crippen LogP) is 2.38. The zero-order valence-corrected chi connectivity index (χ0v) is 10.3. The minimum atomic E-state index is -0.861. The Morgan fingerprint density at radius 3 is 2.72 bits per heavy atom. The van der Waals surface area contributed by atoms with E-state index in [-0.39, 0.29) is 5.56 Å². The number of ketones is 1. The number of Topliss-reactive ketones (excluding diaryl/α,β-unsaturated/α-hetero) is 1. The molecule has 1 aromatic carbocycles. The van der Waals surface area contributed by atoms with Gasteiger partial charge in [-0.3, -0.25) is 9.69 Å². The van der Waals surface area contributed by atoms with E-state index in [1.807, 2.05) is 6.07 Å². The lowest BCUT2D eigenvalue weighted by Gasteiger charge is -2.22. The van der Waals surface area contributed by atoms with Gasteiger partial charge >= 0.3 is 0 Å². The molecule has 0 spiro atoms. The predicted molar refractivity (Wildman–Crippen MR) is 63.0 cm³/mol. The Bertz CT molecular complexity index is 482. The molecule has 18 heavy (non-hydrogen) atoms. The molecule has 1 rings (SSSR count). The van der Waals surface area contributed by atoms with Gasteiger partial charge in [0.1, 0.15) is 11.6 Å². The maximum atomic E-state index is 13.4. The summed E-state index contributed by atoms with van der Waals surface area (Å²) in [5.41, 5.74) is -0.132. The average Bonchev–Trinajstić information content (AvgIpc) is 2.34. The number of likely N-dealkylation sites (N-methyl/N-ethyl adjacent to an activating group) is 1. The average molecular weight is 252 g/mol. The fraction of sp³-hybridized carbons (Fsp3) is 0.385. The second-order valence-corrected chi connectivity index (χ2v) is 4.05. The molecule has 0 aromatic heterocycles. The third-order valence-electron chi connectivity index (χ3n) is 2.81. The molecule has 0 aliphatic rings. The first-order chi connectivity index (χ1) is 8.47. The van der Waals surface area contributed by atoms with E-state index in [2.05, 4.69) is 0 Å². The van der Waals surface area contributed by atoms with Crippen LogP contribution in [0.1, 0.15) is 23.7 Å². The van der Waals surface area contributed by atoms with Crippen molar-refractivity contribution in [2.75, 3.05) is 13.6 Å².